The lowest BCUT2D eigenvalue weighted by molar-refractivity contribution is 0.0642. The summed E-state index contributed by atoms with van der Waals surface area (Å²) in [5.74, 6) is 0.571. The molecule has 0 saturated carbocycles. The summed E-state index contributed by atoms with van der Waals surface area (Å²) >= 11 is 0. The van der Waals surface area contributed by atoms with Gasteiger partial charge in [-0.3, -0.25) is 4.79 Å². The highest BCUT2D eigenvalue weighted by atomic mass is 16.5. The fraction of sp³-hybridized carbons (Fsp3) is 0.533. The van der Waals surface area contributed by atoms with Gasteiger partial charge in [-0.05, 0) is 49.4 Å². The molecule has 0 spiro atoms. The van der Waals surface area contributed by atoms with Crippen molar-refractivity contribution in [3.8, 4) is 0 Å². The van der Waals surface area contributed by atoms with Gasteiger partial charge in [0.15, 0.2) is 0 Å². The summed E-state index contributed by atoms with van der Waals surface area (Å²) in [6, 6.07) is 5.79. The zero-order chi connectivity index (χ0) is 13.7. The summed E-state index contributed by atoms with van der Waals surface area (Å²) in [4.78, 5) is 12.1. The Bertz CT molecular complexity index is 440. The first-order valence-corrected chi connectivity index (χ1v) is 6.85. The fourth-order valence-corrected chi connectivity index (χ4v) is 2.36. The third-order valence-electron chi connectivity index (χ3n) is 3.65. The van der Waals surface area contributed by atoms with Crippen LogP contribution in [0.2, 0.25) is 0 Å². The Morgan fingerprint density at radius 3 is 2.74 bits per heavy atom. The first-order valence-electron chi connectivity index (χ1n) is 6.85. The van der Waals surface area contributed by atoms with Crippen molar-refractivity contribution >= 4 is 11.6 Å². The van der Waals surface area contributed by atoms with Gasteiger partial charge in [0.25, 0.3) is 5.91 Å². The maximum Gasteiger partial charge on any atom is 0.251 e. The average Bonchev–Trinajstić information content (AvgIpc) is 2.45. The molecule has 0 radical (unpaired) electrons. The van der Waals surface area contributed by atoms with E-state index in [2.05, 4.69) is 10.6 Å². The lowest BCUT2D eigenvalue weighted by atomic mass is 10.00. The maximum atomic E-state index is 12.1. The van der Waals surface area contributed by atoms with Crippen molar-refractivity contribution in [2.45, 2.75) is 19.8 Å². The van der Waals surface area contributed by atoms with Crippen LogP contribution in [0.4, 0.5) is 5.69 Å². The summed E-state index contributed by atoms with van der Waals surface area (Å²) in [6.45, 7) is 4.34. The van der Waals surface area contributed by atoms with E-state index >= 15 is 0 Å². The predicted molar refractivity (Wildman–Crippen MR) is 76.6 cm³/mol. The number of hydrogen-bond acceptors (Lipinski definition) is 3. The summed E-state index contributed by atoms with van der Waals surface area (Å²) in [5, 5.41) is 6.10. The molecule has 0 atom stereocenters. The van der Waals surface area contributed by atoms with Crippen molar-refractivity contribution in [1.82, 2.24) is 5.32 Å². The molecule has 104 valence electrons. The number of anilines is 1. The topological polar surface area (TPSA) is 50.4 Å². The lowest BCUT2D eigenvalue weighted by Gasteiger charge is -2.22. The highest BCUT2D eigenvalue weighted by Gasteiger charge is 2.16. The van der Waals surface area contributed by atoms with Crippen molar-refractivity contribution < 1.29 is 9.53 Å². The van der Waals surface area contributed by atoms with Crippen molar-refractivity contribution in [2.24, 2.45) is 5.92 Å². The predicted octanol–water partition coefficient (Wildman–Crippen LogP) is 2.19. The van der Waals surface area contributed by atoms with Gasteiger partial charge >= 0.3 is 0 Å². The van der Waals surface area contributed by atoms with Gasteiger partial charge in [-0.2, -0.15) is 0 Å². The molecule has 1 aromatic rings. The normalized spacial score (nSPS) is 16.1. The Kier molecular flexibility index (Phi) is 4.80. The van der Waals surface area contributed by atoms with Gasteiger partial charge in [-0.15, -0.1) is 0 Å². The molecule has 0 aromatic heterocycles. The summed E-state index contributed by atoms with van der Waals surface area (Å²) in [7, 11) is 1.87. The molecule has 0 aliphatic carbocycles. The number of carbonyl (C=O) groups excluding carboxylic acids is 1. The number of carbonyl (C=O) groups is 1. The van der Waals surface area contributed by atoms with E-state index in [9.17, 15) is 4.79 Å². The molecule has 0 bridgehead atoms. The standard InChI is InChI=1S/C15H22N2O2/c1-11-9-13(16-2)3-4-14(11)15(18)17-10-12-5-7-19-8-6-12/h3-4,9,12,16H,5-8,10H2,1-2H3,(H,17,18). The summed E-state index contributed by atoms with van der Waals surface area (Å²) in [5.41, 5.74) is 2.78. The van der Waals surface area contributed by atoms with Crippen LogP contribution in [0.25, 0.3) is 0 Å². The molecule has 1 aromatic carbocycles. The monoisotopic (exact) mass is 262 g/mol. The number of rotatable bonds is 4. The third-order valence-corrected chi connectivity index (χ3v) is 3.65. The molecule has 1 saturated heterocycles. The molecule has 2 N–H and O–H groups in total. The van der Waals surface area contributed by atoms with Crippen LogP contribution in [0.1, 0.15) is 28.8 Å². The van der Waals surface area contributed by atoms with Crippen LogP contribution in [-0.2, 0) is 4.74 Å². The molecule has 1 aliphatic heterocycles. The van der Waals surface area contributed by atoms with Crippen LogP contribution in [0.3, 0.4) is 0 Å². The Balaban J connectivity index is 1.92. The summed E-state index contributed by atoms with van der Waals surface area (Å²) < 4.78 is 5.32. The highest BCUT2D eigenvalue weighted by molar-refractivity contribution is 5.96. The van der Waals surface area contributed by atoms with Crippen LogP contribution in [0.5, 0.6) is 0 Å². The Labute approximate surface area is 114 Å². The number of hydrogen-bond donors (Lipinski definition) is 2. The van der Waals surface area contributed by atoms with Crippen LogP contribution >= 0.6 is 0 Å². The molecular weight excluding hydrogens is 240 g/mol. The van der Waals surface area contributed by atoms with Crippen molar-refractivity contribution in [2.75, 3.05) is 32.1 Å². The number of amides is 1. The van der Waals surface area contributed by atoms with E-state index in [1.54, 1.807) is 0 Å². The van der Waals surface area contributed by atoms with Gasteiger partial charge in [0.2, 0.25) is 0 Å². The number of aryl methyl sites for hydroxylation is 1. The van der Waals surface area contributed by atoms with Crippen LogP contribution in [0.15, 0.2) is 18.2 Å². The minimum absolute atomic E-state index is 0.0200. The van der Waals surface area contributed by atoms with Crippen molar-refractivity contribution in [3.05, 3.63) is 29.3 Å². The van der Waals surface area contributed by atoms with E-state index in [4.69, 9.17) is 4.74 Å². The summed E-state index contributed by atoms with van der Waals surface area (Å²) in [6.07, 6.45) is 2.08. The molecule has 1 heterocycles. The molecule has 19 heavy (non-hydrogen) atoms. The van der Waals surface area contributed by atoms with Crippen LogP contribution in [0, 0.1) is 12.8 Å². The van der Waals surface area contributed by atoms with Gasteiger partial charge in [0.1, 0.15) is 0 Å². The van der Waals surface area contributed by atoms with Gasteiger partial charge in [0.05, 0.1) is 0 Å². The lowest BCUT2D eigenvalue weighted by Crippen LogP contribution is -2.32. The fourth-order valence-electron chi connectivity index (χ4n) is 2.36. The minimum atomic E-state index is 0.0200. The average molecular weight is 262 g/mol. The SMILES string of the molecule is CNc1ccc(C(=O)NCC2CCOCC2)c(C)c1. The van der Waals surface area contributed by atoms with Crippen molar-refractivity contribution in [3.63, 3.8) is 0 Å². The first kappa shape index (κ1) is 13.9. The Hall–Kier alpha value is -1.55. The van der Waals surface area contributed by atoms with Crippen LogP contribution < -0.4 is 10.6 Å². The minimum Gasteiger partial charge on any atom is -0.388 e. The maximum absolute atomic E-state index is 12.1. The molecule has 0 unspecified atom stereocenters. The Morgan fingerprint density at radius 1 is 1.37 bits per heavy atom. The van der Waals surface area contributed by atoms with E-state index in [0.717, 1.165) is 49.4 Å². The van der Waals surface area contributed by atoms with E-state index in [1.807, 2.05) is 32.2 Å². The van der Waals surface area contributed by atoms with Crippen LogP contribution in [-0.4, -0.2) is 32.7 Å². The highest BCUT2D eigenvalue weighted by Crippen LogP contribution is 2.16. The second-order valence-corrected chi connectivity index (χ2v) is 5.05. The third kappa shape index (κ3) is 3.70. The van der Waals surface area contributed by atoms with Crippen molar-refractivity contribution in [1.29, 1.82) is 0 Å². The van der Waals surface area contributed by atoms with Gasteiger partial charge < -0.3 is 15.4 Å². The van der Waals surface area contributed by atoms with E-state index in [0.29, 0.717) is 5.92 Å². The molecule has 1 fully saturated rings. The zero-order valence-corrected chi connectivity index (χ0v) is 11.7. The second kappa shape index (κ2) is 6.57. The quantitative estimate of drug-likeness (QED) is 0.874. The molecule has 4 heteroatoms. The van der Waals surface area contributed by atoms with E-state index in [1.165, 1.54) is 0 Å². The number of nitrogens with one attached hydrogen (secondary N) is 2. The molecule has 1 aliphatic rings. The number of ether oxygens (including phenoxy) is 1. The van der Waals surface area contributed by atoms with Gasteiger partial charge in [-0.25, -0.2) is 0 Å². The zero-order valence-electron chi connectivity index (χ0n) is 11.7. The van der Waals surface area contributed by atoms with E-state index in [-0.39, 0.29) is 5.91 Å². The van der Waals surface area contributed by atoms with E-state index < -0.39 is 0 Å². The first-order chi connectivity index (χ1) is 9.20. The smallest absolute Gasteiger partial charge is 0.251 e. The molecule has 2 rings (SSSR count). The Morgan fingerprint density at radius 2 is 2.11 bits per heavy atom. The van der Waals surface area contributed by atoms with Gasteiger partial charge in [0, 0.05) is 38.1 Å². The van der Waals surface area contributed by atoms with Gasteiger partial charge in [-0.1, -0.05) is 0 Å². The molecule has 1 amide bonds. The molecule has 4 nitrogen and oxygen atoms in total. The second-order valence-electron chi connectivity index (χ2n) is 5.05. The number of benzene rings is 1. The largest absolute Gasteiger partial charge is 0.388 e. The molecular formula is C15H22N2O2.